The van der Waals surface area contributed by atoms with Gasteiger partial charge in [0.05, 0.1) is 17.2 Å². The second-order valence-corrected chi connectivity index (χ2v) is 9.57. The van der Waals surface area contributed by atoms with Crippen molar-refractivity contribution >= 4 is 40.9 Å². The molecule has 2 atom stereocenters. The number of rotatable bonds is 9. The molecule has 0 aliphatic carbocycles. The number of thioether (sulfide) groups is 2. The molecule has 8 heteroatoms. The first-order valence-corrected chi connectivity index (χ1v) is 13.1. The molecule has 0 saturated heterocycles. The number of benzene rings is 2. The van der Waals surface area contributed by atoms with Gasteiger partial charge in [0.15, 0.2) is 5.50 Å². The highest BCUT2D eigenvalue weighted by Gasteiger charge is 2.32. The fourth-order valence-corrected chi connectivity index (χ4v) is 5.29. The number of fused-ring (bicyclic) bond motifs is 1. The summed E-state index contributed by atoms with van der Waals surface area (Å²) in [6, 6.07) is 13.6. The number of alkyl halides is 1. The smallest absolute Gasteiger partial charge is 0.370 e. The van der Waals surface area contributed by atoms with E-state index in [9.17, 15) is 9.18 Å². The van der Waals surface area contributed by atoms with E-state index in [1.165, 1.54) is 23.5 Å². The molecule has 0 saturated carbocycles. The topological polar surface area (TPSA) is 38.8 Å². The summed E-state index contributed by atoms with van der Waals surface area (Å²) in [4.78, 5) is 15.2. The molecule has 0 fully saturated rings. The number of carbonyl (C=O) groups is 1. The lowest BCUT2D eigenvalue weighted by atomic mass is 10.0. The van der Waals surface area contributed by atoms with Gasteiger partial charge in [0.25, 0.3) is 0 Å². The van der Waals surface area contributed by atoms with Crippen molar-refractivity contribution in [3.63, 3.8) is 0 Å². The number of hydrogen-bond acceptors (Lipinski definition) is 6. The van der Waals surface area contributed by atoms with Gasteiger partial charge in [-0.15, -0.1) is 11.8 Å². The van der Waals surface area contributed by atoms with Crippen molar-refractivity contribution in [1.29, 1.82) is 0 Å². The minimum atomic E-state index is -1.12. The van der Waals surface area contributed by atoms with E-state index in [1.54, 1.807) is 13.0 Å². The van der Waals surface area contributed by atoms with Crippen LogP contribution in [0, 0.1) is 5.92 Å². The van der Waals surface area contributed by atoms with Crippen LogP contribution in [0.4, 0.5) is 20.2 Å². The number of unbranched alkanes of at least 4 members (excludes halogenated alkanes) is 1. The Morgan fingerprint density at radius 3 is 2.70 bits per heavy atom. The van der Waals surface area contributed by atoms with Crippen molar-refractivity contribution in [2.24, 2.45) is 5.92 Å². The van der Waals surface area contributed by atoms with Crippen LogP contribution >= 0.6 is 23.5 Å². The van der Waals surface area contributed by atoms with Crippen LogP contribution in [0.3, 0.4) is 0 Å². The Balaban J connectivity index is 2.01. The molecule has 4 nitrogen and oxygen atoms in total. The summed E-state index contributed by atoms with van der Waals surface area (Å²) in [7, 11) is 0. The first-order chi connectivity index (χ1) is 16.0. The molecule has 1 aliphatic heterocycles. The van der Waals surface area contributed by atoms with Gasteiger partial charge in [-0.2, -0.15) is 4.39 Å². The molecule has 1 heterocycles. The second kappa shape index (κ2) is 12.3. The van der Waals surface area contributed by atoms with E-state index in [1.807, 2.05) is 42.7 Å². The first-order valence-electron chi connectivity index (χ1n) is 11.0. The average molecular weight is 494 g/mol. The third-order valence-electron chi connectivity index (χ3n) is 5.32. The Kier molecular flexibility index (Phi) is 9.50. The predicted octanol–water partition coefficient (Wildman–Crippen LogP) is 7.51. The van der Waals surface area contributed by atoms with Gasteiger partial charge in [-0.05, 0) is 43.9 Å². The standard InChI is InChI=1S/C25H29F2NO3S2/c1-4-6-10-17-15-28(18-11-8-7-9-12-18)20-13-23(32-3)21(14-22(20)33-24(17)27)31-16-19(26)25(29)30-5-2/h7-9,11-14,16-17,24H,4-6,10,15H2,1-3H3/b19-16-. The highest BCUT2D eigenvalue weighted by Crippen LogP contribution is 2.48. The Morgan fingerprint density at radius 1 is 1.27 bits per heavy atom. The summed E-state index contributed by atoms with van der Waals surface area (Å²) in [6.45, 7) is 4.34. The van der Waals surface area contributed by atoms with E-state index in [0.717, 1.165) is 41.8 Å². The normalized spacial score (nSPS) is 18.5. The van der Waals surface area contributed by atoms with E-state index in [-0.39, 0.29) is 12.5 Å². The molecule has 2 aromatic carbocycles. The number of para-hydroxylation sites is 1. The molecular weight excluding hydrogens is 464 g/mol. The number of esters is 1. The molecule has 2 aromatic rings. The zero-order chi connectivity index (χ0) is 23.8. The zero-order valence-electron chi connectivity index (χ0n) is 19.1. The van der Waals surface area contributed by atoms with Crippen LogP contribution in [-0.2, 0) is 9.53 Å². The van der Waals surface area contributed by atoms with Gasteiger partial charge in [-0.1, -0.05) is 49.7 Å². The second-order valence-electron chi connectivity index (χ2n) is 7.59. The number of hydrogen-bond donors (Lipinski definition) is 0. The largest absolute Gasteiger partial charge is 0.461 e. The van der Waals surface area contributed by atoms with Gasteiger partial charge in [-0.3, -0.25) is 0 Å². The average Bonchev–Trinajstić information content (AvgIpc) is 2.96. The fraction of sp³-hybridized carbons (Fsp3) is 0.400. The van der Waals surface area contributed by atoms with Gasteiger partial charge < -0.3 is 14.4 Å². The van der Waals surface area contributed by atoms with Gasteiger partial charge in [0.2, 0.25) is 5.83 Å². The highest BCUT2D eigenvalue weighted by atomic mass is 32.2. The molecule has 0 spiro atoms. The fourth-order valence-electron chi connectivity index (χ4n) is 3.63. The maximum atomic E-state index is 15.4. The molecule has 178 valence electrons. The van der Waals surface area contributed by atoms with Crippen molar-refractivity contribution in [1.82, 2.24) is 0 Å². The lowest BCUT2D eigenvalue weighted by molar-refractivity contribution is -0.140. The van der Waals surface area contributed by atoms with E-state index >= 15 is 4.39 Å². The van der Waals surface area contributed by atoms with Crippen LogP contribution in [-0.4, -0.2) is 30.9 Å². The maximum absolute atomic E-state index is 15.4. The molecule has 0 radical (unpaired) electrons. The van der Waals surface area contributed by atoms with Gasteiger partial charge in [-0.25, -0.2) is 9.18 Å². The van der Waals surface area contributed by atoms with Crippen LogP contribution < -0.4 is 9.64 Å². The molecule has 0 bridgehead atoms. The number of anilines is 2. The molecule has 1 aliphatic rings. The minimum absolute atomic E-state index is 0.0675. The number of ether oxygens (including phenoxy) is 2. The highest BCUT2D eigenvalue weighted by molar-refractivity contribution is 8.00. The van der Waals surface area contributed by atoms with E-state index in [2.05, 4.69) is 16.6 Å². The van der Waals surface area contributed by atoms with Gasteiger partial charge >= 0.3 is 5.97 Å². The Morgan fingerprint density at radius 2 is 2.03 bits per heavy atom. The Hall–Kier alpha value is -2.19. The summed E-state index contributed by atoms with van der Waals surface area (Å²) in [5.41, 5.74) is 0.798. The van der Waals surface area contributed by atoms with Crippen molar-refractivity contribution in [2.75, 3.05) is 24.3 Å². The molecular formula is C25H29F2NO3S2. The summed E-state index contributed by atoms with van der Waals surface area (Å²) in [5.74, 6) is -1.98. The zero-order valence-corrected chi connectivity index (χ0v) is 20.7. The van der Waals surface area contributed by atoms with E-state index in [4.69, 9.17) is 4.74 Å². The third-order valence-corrected chi connectivity index (χ3v) is 7.27. The summed E-state index contributed by atoms with van der Waals surface area (Å²) in [5, 5.41) is 0. The maximum Gasteiger partial charge on any atom is 0.370 e. The molecule has 0 aromatic heterocycles. The van der Waals surface area contributed by atoms with Crippen LogP contribution in [0.25, 0.3) is 0 Å². The van der Waals surface area contributed by atoms with Crippen LogP contribution in [0.15, 0.2) is 64.3 Å². The van der Waals surface area contributed by atoms with E-state index < -0.39 is 17.3 Å². The molecule has 0 amide bonds. The van der Waals surface area contributed by atoms with Crippen LogP contribution in [0.5, 0.6) is 5.75 Å². The SMILES string of the molecule is CCCCC1CN(c2ccccc2)c2cc(SC)c(O/C=C(\F)C(=O)OCC)cc2SC1F. The third kappa shape index (κ3) is 6.44. The number of nitrogens with zero attached hydrogens (tertiary/aromatic N) is 1. The van der Waals surface area contributed by atoms with Crippen LogP contribution in [0.2, 0.25) is 0 Å². The Bertz CT molecular complexity index is 972. The minimum Gasteiger partial charge on any atom is -0.461 e. The van der Waals surface area contributed by atoms with E-state index in [0.29, 0.717) is 17.2 Å². The van der Waals surface area contributed by atoms with Gasteiger partial charge in [0, 0.05) is 23.0 Å². The van der Waals surface area contributed by atoms with Crippen molar-refractivity contribution in [3.8, 4) is 5.75 Å². The predicted molar refractivity (Wildman–Crippen MR) is 132 cm³/mol. The van der Waals surface area contributed by atoms with Crippen LogP contribution in [0.1, 0.15) is 33.1 Å². The van der Waals surface area contributed by atoms with Crippen molar-refractivity contribution < 1.29 is 23.0 Å². The first kappa shape index (κ1) is 25.4. The monoisotopic (exact) mass is 493 g/mol. The molecule has 3 rings (SSSR count). The molecule has 33 heavy (non-hydrogen) atoms. The van der Waals surface area contributed by atoms with Gasteiger partial charge in [0.1, 0.15) is 12.0 Å². The molecule has 0 N–H and O–H groups in total. The molecule has 2 unspecified atom stereocenters. The quantitative estimate of drug-likeness (QED) is 0.156. The Labute approximate surface area is 202 Å². The number of halogens is 2. The number of carbonyl (C=O) groups excluding carboxylic acids is 1. The lowest BCUT2D eigenvalue weighted by Gasteiger charge is -2.28. The summed E-state index contributed by atoms with van der Waals surface area (Å²) < 4.78 is 39.5. The van der Waals surface area contributed by atoms with Crippen molar-refractivity contribution in [3.05, 3.63) is 54.6 Å². The summed E-state index contributed by atoms with van der Waals surface area (Å²) in [6.07, 6.45) is 5.41. The van der Waals surface area contributed by atoms with Crippen molar-refractivity contribution in [2.45, 2.75) is 48.4 Å². The lowest BCUT2D eigenvalue weighted by Crippen LogP contribution is -2.27. The summed E-state index contributed by atoms with van der Waals surface area (Å²) >= 11 is 2.60.